The second kappa shape index (κ2) is 3.94. The van der Waals surface area contributed by atoms with Gasteiger partial charge in [0.25, 0.3) is 0 Å². The summed E-state index contributed by atoms with van der Waals surface area (Å²) in [6.45, 7) is 8.70. The summed E-state index contributed by atoms with van der Waals surface area (Å²) in [7, 11) is 0. The Morgan fingerprint density at radius 3 is 2.18 bits per heavy atom. The topological polar surface area (TPSA) is 0 Å². The van der Waals surface area contributed by atoms with Crippen molar-refractivity contribution in [1.29, 1.82) is 0 Å². The van der Waals surface area contributed by atoms with Crippen LogP contribution in [0.15, 0.2) is 12.2 Å². The fourth-order valence-electron chi connectivity index (χ4n) is 1.94. The zero-order chi connectivity index (χ0) is 8.27. The molecule has 0 N–H and O–H groups in total. The van der Waals surface area contributed by atoms with Crippen LogP contribution in [0.5, 0.6) is 0 Å². The molecule has 1 fully saturated rings. The first-order valence-corrected chi connectivity index (χ1v) is 4.90. The summed E-state index contributed by atoms with van der Waals surface area (Å²) in [5, 5.41) is 0. The van der Waals surface area contributed by atoms with Gasteiger partial charge in [0, 0.05) is 0 Å². The maximum atomic E-state index is 4.18. The van der Waals surface area contributed by atoms with Crippen molar-refractivity contribution in [3.63, 3.8) is 0 Å². The molecular formula is C11H20. The predicted molar refractivity (Wildman–Crippen MR) is 50.6 cm³/mol. The Labute approximate surface area is 70.7 Å². The molecule has 0 spiro atoms. The Kier molecular flexibility index (Phi) is 3.16. The number of hydrogen-bond donors (Lipinski definition) is 0. The lowest BCUT2D eigenvalue weighted by atomic mass is 9.80. The summed E-state index contributed by atoms with van der Waals surface area (Å²) in [6, 6.07) is 0. The summed E-state index contributed by atoms with van der Waals surface area (Å²) in [5.74, 6) is 1.54. The average molecular weight is 152 g/mol. The lowest BCUT2D eigenvalue weighted by Crippen LogP contribution is -2.11. The largest absolute Gasteiger partial charge is 0.0993 e. The average Bonchev–Trinajstić information content (AvgIpc) is 2.05. The smallest absolute Gasteiger partial charge is 0.0203 e. The van der Waals surface area contributed by atoms with E-state index in [0.717, 1.165) is 5.92 Å². The van der Waals surface area contributed by atoms with E-state index in [4.69, 9.17) is 0 Å². The second-order valence-corrected chi connectivity index (χ2v) is 4.06. The minimum absolute atomic E-state index is 0.693. The van der Waals surface area contributed by atoms with Crippen LogP contribution in [0.2, 0.25) is 0 Å². The molecule has 0 amide bonds. The molecule has 0 aromatic heterocycles. The predicted octanol–water partition coefficient (Wildman–Crippen LogP) is 3.78. The van der Waals surface area contributed by atoms with Gasteiger partial charge in [0.15, 0.2) is 0 Å². The highest BCUT2D eigenvalue weighted by molar-refractivity contribution is 5.04. The minimum Gasteiger partial charge on any atom is -0.0993 e. The molecule has 1 saturated carbocycles. The van der Waals surface area contributed by atoms with E-state index in [1.807, 2.05) is 0 Å². The van der Waals surface area contributed by atoms with E-state index in [2.05, 4.69) is 20.4 Å². The fourth-order valence-corrected chi connectivity index (χ4v) is 1.94. The molecule has 0 unspecified atom stereocenters. The Hall–Kier alpha value is -0.260. The highest BCUT2D eigenvalue weighted by Gasteiger charge is 2.17. The molecule has 0 saturated heterocycles. The molecule has 0 nitrogen and oxygen atoms in total. The maximum absolute atomic E-state index is 4.18. The third-order valence-electron chi connectivity index (χ3n) is 2.87. The summed E-state index contributed by atoms with van der Waals surface area (Å²) in [6.07, 6.45) is 7.10. The van der Waals surface area contributed by atoms with Crippen LogP contribution in [-0.2, 0) is 0 Å². The fraction of sp³-hybridized carbons (Fsp3) is 0.818. The van der Waals surface area contributed by atoms with E-state index in [1.54, 1.807) is 0 Å². The first-order chi connectivity index (χ1) is 5.22. The van der Waals surface area contributed by atoms with Gasteiger partial charge in [-0.25, -0.2) is 0 Å². The Morgan fingerprint density at radius 1 is 1.18 bits per heavy atom. The van der Waals surface area contributed by atoms with Gasteiger partial charge < -0.3 is 0 Å². The first kappa shape index (κ1) is 8.83. The van der Waals surface area contributed by atoms with Crippen LogP contribution in [0.25, 0.3) is 0 Å². The van der Waals surface area contributed by atoms with Crippen LogP contribution < -0.4 is 0 Å². The molecule has 1 aliphatic carbocycles. The third kappa shape index (κ3) is 2.36. The number of allylic oxidation sites excluding steroid dienone is 1. The zero-order valence-corrected chi connectivity index (χ0v) is 7.90. The molecule has 0 heteroatoms. The summed E-state index contributed by atoms with van der Waals surface area (Å²) in [4.78, 5) is 0. The van der Waals surface area contributed by atoms with E-state index in [1.165, 1.54) is 37.7 Å². The van der Waals surface area contributed by atoms with Gasteiger partial charge in [-0.2, -0.15) is 0 Å². The van der Waals surface area contributed by atoms with Crippen LogP contribution in [0.1, 0.15) is 46.0 Å². The lowest BCUT2D eigenvalue weighted by molar-refractivity contribution is 0.382. The Bertz CT molecular complexity index is 127. The lowest BCUT2D eigenvalue weighted by Gasteiger charge is -2.25. The molecule has 0 aromatic carbocycles. The molecular weight excluding hydrogens is 132 g/mol. The van der Waals surface area contributed by atoms with Crippen molar-refractivity contribution in [3.05, 3.63) is 12.2 Å². The molecule has 64 valence electrons. The van der Waals surface area contributed by atoms with Crippen molar-refractivity contribution in [2.75, 3.05) is 0 Å². The van der Waals surface area contributed by atoms with E-state index < -0.39 is 0 Å². The summed E-state index contributed by atoms with van der Waals surface area (Å²) >= 11 is 0. The highest BCUT2D eigenvalue weighted by atomic mass is 14.2. The summed E-state index contributed by atoms with van der Waals surface area (Å²) in [5.41, 5.74) is 1.49. The van der Waals surface area contributed by atoms with Crippen molar-refractivity contribution in [2.24, 2.45) is 11.8 Å². The van der Waals surface area contributed by atoms with Crippen molar-refractivity contribution < 1.29 is 0 Å². The van der Waals surface area contributed by atoms with Gasteiger partial charge in [-0.05, 0) is 24.7 Å². The Morgan fingerprint density at radius 2 is 1.73 bits per heavy atom. The van der Waals surface area contributed by atoms with Crippen LogP contribution in [0, 0.1) is 11.8 Å². The van der Waals surface area contributed by atoms with Crippen LogP contribution >= 0.6 is 0 Å². The van der Waals surface area contributed by atoms with Gasteiger partial charge >= 0.3 is 0 Å². The molecule has 0 atom stereocenters. The SMILES string of the molecule is C=C(C(C)C)C1CCCCC1. The van der Waals surface area contributed by atoms with Gasteiger partial charge in [0.1, 0.15) is 0 Å². The van der Waals surface area contributed by atoms with Gasteiger partial charge in [-0.15, -0.1) is 0 Å². The van der Waals surface area contributed by atoms with Crippen molar-refractivity contribution in [3.8, 4) is 0 Å². The number of rotatable bonds is 2. The van der Waals surface area contributed by atoms with E-state index in [9.17, 15) is 0 Å². The van der Waals surface area contributed by atoms with E-state index >= 15 is 0 Å². The monoisotopic (exact) mass is 152 g/mol. The second-order valence-electron chi connectivity index (χ2n) is 4.06. The van der Waals surface area contributed by atoms with Crippen molar-refractivity contribution >= 4 is 0 Å². The first-order valence-electron chi connectivity index (χ1n) is 4.90. The molecule has 0 aromatic rings. The van der Waals surface area contributed by atoms with E-state index in [-0.39, 0.29) is 0 Å². The molecule has 0 heterocycles. The third-order valence-corrected chi connectivity index (χ3v) is 2.87. The van der Waals surface area contributed by atoms with Crippen molar-refractivity contribution in [2.45, 2.75) is 46.0 Å². The molecule has 0 bridgehead atoms. The standard InChI is InChI=1S/C11H20/c1-9(2)10(3)11-7-5-4-6-8-11/h9,11H,3-8H2,1-2H3. The minimum atomic E-state index is 0.693. The molecule has 0 aliphatic heterocycles. The van der Waals surface area contributed by atoms with Gasteiger partial charge in [-0.1, -0.05) is 45.3 Å². The normalized spacial score (nSPS) is 20.6. The van der Waals surface area contributed by atoms with Crippen LogP contribution in [0.3, 0.4) is 0 Å². The zero-order valence-electron chi connectivity index (χ0n) is 7.90. The van der Waals surface area contributed by atoms with Crippen LogP contribution in [0.4, 0.5) is 0 Å². The number of hydrogen-bond acceptors (Lipinski definition) is 0. The molecule has 0 radical (unpaired) electrons. The quantitative estimate of drug-likeness (QED) is 0.528. The van der Waals surface area contributed by atoms with Gasteiger partial charge in [-0.3, -0.25) is 0 Å². The van der Waals surface area contributed by atoms with Gasteiger partial charge in [0.2, 0.25) is 0 Å². The highest BCUT2D eigenvalue weighted by Crippen LogP contribution is 2.31. The molecule has 11 heavy (non-hydrogen) atoms. The Balaban J connectivity index is 2.39. The maximum Gasteiger partial charge on any atom is -0.0203 e. The van der Waals surface area contributed by atoms with Crippen molar-refractivity contribution in [1.82, 2.24) is 0 Å². The van der Waals surface area contributed by atoms with Crippen LogP contribution in [-0.4, -0.2) is 0 Å². The molecule has 1 rings (SSSR count). The van der Waals surface area contributed by atoms with E-state index in [0.29, 0.717) is 5.92 Å². The summed E-state index contributed by atoms with van der Waals surface area (Å²) < 4.78 is 0. The van der Waals surface area contributed by atoms with Gasteiger partial charge in [0.05, 0.1) is 0 Å². The molecule has 1 aliphatic rings.